The van der Waals surface area contributed by atoms with Gasteiger partial charge in [0.05, 0.1) is 5.92 Å². The molecule has 3 N–H and O–H groups in total. The predicted molar refractivity (Wildman–Crippen MR) is 65.9 cm³/mol. The van der Waals surface area contributed by atoms with E-state index in [1.165, 1.54) is 4.73 Å². The summed E-state index contributed by atoms with van der Waals surface area (Å²) in [6, 6.07) is 5.85. The van der Waals surface area contributed by atoms with Gasteiger partial charge in [0.15, 0.2) is 0 Å². The molecule has 4 nitrogen and oxygen atoms in total. The number of hydrogen-bond acceptors (Lipinski definition) is 3. The van der Waals surface area contributed by atoms with E-state index < -0.39 is 0 Å². The number of aromatic nitrogens is 1. The molecule has 1 fully saturated rings. The van der Waals surface area contributed by atoms with E-state index >= 15 is 0 Å². The van der Waals surface area contributed by atoms with Crippen molar-refractivity contribution in [1.82, 2.24) is 4.90 Å². The lowest BCUT2D eigenvalue weighted by molar-refractivity contribution is -0.910. The zero-order valence-electron chi connectivity index (χ0n) is 10.3. The van der Waals surface area contributed by atoms with Crippen LogP contribution in [0.1, 0.15) is 30.9 Å². The Labute approximate surface area is 103 Å². The van der Waals surface area contributed by atoms with Crippen LogP contribution in [0.2, 0.25) is 0 Å². The van der Waals surface area contributed by atoms with Crippen molar-refractivity contribution in [3.8, 4) is 0 Å². The van der Waals surface area contributed by atoms with Crippen LogP contribution in [0.15, 0.2) is 24.4 Å². The van der Waals surface area contributed by atoms with E-state index in [2.05, 4.69) is 4.90 Å². The number of nitrogens with zero attached hydrogens (tertiary/aromatic N) is 2. The SMILES string of the molecule is NCCCN1CCC(c2cccc[n+]2O)CC1. The molecular weight excluding hydrogens is 214 g/mol. The van der Waals surface area contributed by atoms with Crippen molar-refractivity contribution in [2.24, 2.45) is 5.73 Å². The maximum Gasteiger partial charge on any atom is 0.237 e. The fourth-order valence-electron chi connectivity index (χ4n) is 2.54. The molecule has 0 saturated carbocycles. The number of rotatable bonds is 4. The molecule has 0 aromatic carbocycles. The van der Waals surface area contributed by atoms with Gasteiger partial charge in [0.1, 0.15) is 0 Å². The van der Waals surface area contributed by atoms with Gasteiger partial charge in [-0.15, -0.1) is 0 Å². The molecule has 0 unspecified atom stereocenters. The first-order valence-corrected chi connectivity index (χ1v) is 6.43. The van der Waals surface area contributed by atoms with Crippen LogP contribution < -0.4 is 10.5 Å². The lowest BCUT2D eigenvalue weighted by atomic mass is 9.93. The Bertz CT molecular complexity index is 348. The number of piperidine rings is 1. The Kier molecular flexibility index (Phi) is 4.34. The van der Waals surface area contributed by atoms with Crippen molar-refractivity contribution >= 4 is 0 Å². The van der Waals surface area contributed by atoms with Gasteiger partial charge >= 0.3 is 0 Å². The zero-order chi connectivity index (χ0) is 12.1. The lowest BCUT2D eigenvalue weighted by Crippen LogP contribution is -2.40. The summed E-state index contributed by atoms with van der Waals surface area (Å²) in [6.45, 7) is 4.10. The van der Waals surface area contributed by atoms with Gasteiger partial charge < -0.3 is 10.6 Å². The van der Waals surface area contributed by atoms with Crippen LogP contribution in [0.5, 0.6) is 0 Å². The second kappa shape index (κ2) is 5.98. The average molecular weight is 236 g/mol. The highest BCUT2D eigenvalue weighted by atomic mass is 16.5. The summed E-state index contributed by atoms with van der Waals surface area (Å²) in [5.74, 6) is 0.482. The van der Waals surface area contributed by atoms with Gasteiger partial charge in [-0.05, 0) is 51.5 Å². The third kappa shape index (κ3) is 3.17. The molecule has 0 amide bonds. The van der Waals surface area contributed by atoms with Gasteiger partial charge in [-0.2, -0.15) is 0 Å². The van der Waals surface area contributed by atoms with Crippen molar-refractivity contribution in [3.05, 3.63) is 30.1 Å². The van der Waals surface area contributed by atoms with Gasteiger partial charge in [0.25, 0.3) is 0 Å². The second-order valence-corrected chi connectivity index (χ2v) is 4.73. The molecule has 2 heterocycles. The Morgan fingerprint density at radius 2 is 2.12 bits per heavy atom. The molecule has 0 aliphatic carbocycles. The molecule has 0 spiro atoms. The van der Waals surface area contributed by atoms with Crippen molar-refractivity contribution < 1.29 is 9.94 Å². The summed E-state index contributed by atoms with van der Waals surface area (Å²) in [5, 5.41) is 9.76. The van der Waals surface area contributed by atoms with Gasteiger partial charge in [0.2, 0.25) is 11.9 Å². The molecule has 1 saturated heterocycles. The van der Waals surface area contributed by atoms with Gasteiger partial charge in [-0.1, -0.05) is 0 Å². The minimum Gasteiger partial charge on any atom is -0.330 e. The van der Waals surface area contributed by atoms with Crippen LogP contribution in [0.4, 0.5) is 0 Å². The molecular formula is C13H22N3O+. The molecule has 1 aliphatic heterocycles. The maximum absolute atomic E-state index is 9.76. The third-order valence-corrected chi connectivity index (χ3v) is 3.55. The van der Waals surface area contributed by atoms with E-state index in [0.29, 0.717) is 5.92 Å². The van der Waals surface area contributed by atoms with Crippen LogP contribution in [0.3, 0.4) is 0 Å². The zero-order valence-corrected chi connectivity index (χ0v) is 10.3. The lowest BCUT2D eigenvalue weighted by Gasteiger charge is -2.30. The highest BCUT2D eigenvalue weighted by Gasteiger charge is 2.26. The first kappa shape index (κ1) is 12.3. The molecule has 17 heavy (non-hydrogen) atoms. The molecule has 94 valence electrons. The summed E-state index contributed by atoms with van der Waals surface area (Å²) in [5.41, 5.74) is 6.55. The topological polar surface area (TPSA) is 53.4 Å². The van der Waals surface area contributed by atoms with Gasteiger partial charge in [-0.3, -0.25) is 5.21 Å². The van der Waals surface area contributed by atoms with E-state index in [9.17, 15) is 5.21 Å². The Hall–Kier alpha value is -1.13. The van der Waals surface area contributed by atoms with Gasteiger partial charge in [-0.25, -0.2) is 0 Å². The molecule has 1 aromatic heterocycles. The van der Waals surface area contributed by atoms with E-state index in [-0.39, 0.29) is 0 Å². The van der Waals surface area contributed by atoms with E-state index in [4.69, 9.17) is 5.73 Å². The summed E-state index contributed by atoms with van der Waals surface area (Å²) in [6.07, 6.45) is 5.02. The smallest absolute Gasteiger partial charge is 0.237 e. The maximum atomic E-state index is 9.76. The monoisotopic (exact) mass is 236 g/mol. The quantitative estimate of drug-likeness (QED) is 0.599. The van der Waals surface area contributed by atoms with Crippen molar-refractivity contribution in [1.29, 1.82) is 0 Å². The number of hydrogen-bond donors (Lipinski definition) is 2. The molecule has 0 bridgehead atoms. The Balaban J connectivity index is 1.89. The fourth-order valence-corrected chi connectivity index (χ4v) is 2.54. The van der Waals surface area contributed by atoms with Crippen molar-refractivity contribution in [2.75, 3.05) is 26.2 Å². The minimum absolute atomic E-state index is 0.482. The number of pyridine rings is 1. The van der Waals surface area contributed by atoms with Gasteiger partial charge in [0, 0.05) is 16.9 Å². The summed E-state index contributed by atoms with van der Waals surface area (Å²) in [4.78, 5) is 2.47. The molecule has 1 aliphatic rings. The van der Waals surface area contributed by atoms with Crippen LogP contribution in [0.25, 0.3) is 0 Å². The highest BCUT2D eigenvalue weighted by Crippen LogP contribution is 2.25. The van der Waals surface area contributed by atoms with E-state index in [1.807, 2.05) is 18.2 Å². The highest BCUT2D eigenvalue weighted by molar-refractivity contribution is 5.04. The number of likely N-dealkylation sites (tertiary alicyclic amines) is 1. The largest absolute Gasteiger partial charge is 0.330 e. The molecule has 0 atom stereocenters. The molecule has 1 aromatic rings. The minimum atomic E-state index is 0.482. The Morgan fingerprint density at radius 1 is 1.35 bits per heavy atom. The third-order valence-electron chi connectivity index (χ3n) is 3.55. The van der Waals surface area contributed by atoms with Crippen LogP contribution in [-0.4, -0.2) is 36.3 Å². The average Bonchev–Trinajstić information content (AvgIpc) is 2.38. The van der Waals surface area contributed by atoms with Crippen molar-refractivity contribution in [2.45, 2.75) is 25.2 Å². The molecule has 4 heteroatoms. The first-order valence-electron chi connectivity index (χ1n) is 6.43. The van der Waals surface area contributed by atoms with Crippen LogP contribution in [0, 0.1) is 0 Å². The summed E-state index contributed by atoms with van der Waals surface area (Å²) < 4.78 is 1.26. The standard InChI is InChI=1S/C13H22N3O/c14-7-3-8-15-10-5-12(6-11-15)13-4-1-2-9-16(13)17/h1-2,4,9,12,17H,3,5-8,10-11,14H2/q+1. The molecule has 0 radical (unpaired) electrons. The summed E-state index contributed by atoms with van der Waals surface area (Å²) >= 11 is 0. The van der Waals surface area contributed by atoms with Crippen LogP contribution >= 0.6 is 0 Å². The van der Waals surface area contributed by atoms with Crippen LogP contribution in [-0.2, 0) is 0 Å². The fraction of sp³-hybridized carbons (Fsp3) is 0.615. The normalized spacial score (nSPS) is 18.4. The predicted octanol–water partition coefficient (Wildman–Crippen LogP) is 0.740. The number of nitrogens with two attached hydrogens (primary N) is 1. The van der Waals surface area contributed by atoms with E-state index in [1.54, 1.807) is 6.20 Å². The molecule has 2 rings (SSSR count). The second-order valence-electron chi connectivity index (χ2n) is 4.73. The summed E-state index contributed by atoms with van der Waals surface area (Å²) in [7, 11) is 0. The van der Waals surface area contributed by atoms with E-state index in [0.717, 1.165) is 51.1 Å². The Morgan fingerprint density at radius 3 is 2.76 bits per heavy atom. The van der Waals surface area contributed by atoms with Crippen molar-refractivity contribution in [3.63, 3.8) is 0 Å². The first-order chi connectivity index (χ1) is 8.31.